The van der Waals surface area contributed by atoms with Gasteiger partial charge in [-0.2, -0.15) is 0 Å². The van der Waals surface area contributed by atoms with Gasteiger partial charge in [0.05, 0.1) is 6.04 Å². The third kappa shape index (κ3) is 3.42. The van der Waals surface area contributed by atoms with Crippen LogP contribution >= 0.6 is 0 Å². The summed E-state index contributed by atoms with van der Waals surface area (Å²) in [6.45, 7) is 5.76. The van der Waals surface area contributed by atoms with Crippen LogP contribution in [0.25, 0.3) is 5.57 Å². The van der Waals surface area contributed by atoms with Gasteiger partial charge >= 0.3 is 6.09 Å². The molecular formula is C20H28N2O2. The summed E-state index contributed by atoms with van der Waals surface area (Å²) >= 11 is 0. The van der Waals surface area contributed by atoms with Gasteiger partial charge in [-0.3, -0.25) is 4.90 Å². The lowest BCUT2D eigenvalue weighted by atomic mass is 9.95. The Hall–Kier alpha value is -1.97. The maximum Gasteiger partial charge on any atom is 0.411 e. The second kappa shape index (κ2) is 6.15. The average Bonchev–Trinajstić information content (AvgIpc) is 2.76. The monoisotopic (exact) mass is 328 g/mol. The van der Waals surface area contributed by atoms with E-state index in [1.54, 1.807) is 0 Å². The molecule has 0 radical (unpaired) electrons. The molecule has 2 atom stereocenters. The summed E-state index contributed by atoms with van der Waals surface area (Å²) in [4.78, 5) is 16.6. The summed E-state index contributed by atoms with van der Waals surface area (Å²) in [5, 5.41) is 0. The van der Waals surface area contributed by atoms with Gasteiger partial charge in [-0.25, -0.2) is 4.79 Å². The van der Waals surface area contributed by atoms with Gasteiger partial charge in [0, 0.05) is 25.8 Å². The van der Waals surface area contributed by atoms with Gasteiger partial charge in [0.25, 0.3) is 0 Å². The third-order valence-electron chi connectivity index (χ3n) is 4.75. The average molecular weight is 328 g/mol. The molecule has 0 aromatic heterocycles. The van der Waals surface area contributed by atoms with Gasteiger partial charge in [0.2, 0.25) is 0 Å². The molecule has 2 bridgehead atoms. The normalized spacial score (nSPS) is 23.0. The van der Waals surface area contributed by atoms with Gasteiger partial charge in [-0.05, 0) is 63.3 Å². The molecule has 130 valence electrons. The predicted molar refractivity (Wildman–Crippen MR) is 98.2 cm³/mol. The molecule has 1 fully saturated rings. The van der Waals surface area contributed by atoms with Crippen molar-refractivity contribution in [1.29, 1.82) is 0 Å². The lowest BCUT2D eigenvalue weighted by Crippen LogP contribution is -2.45. The fourth-order valence-corrected chi connectivity index (χ4v) is 3.62. The smallest absolute Gasteiger partial charge is 0.411 e. The highest BCUT2D eigenvalue weighted by Crippen LogP contribution is 2.39. The van der Waals surface area contributed by atoms with Gasteiger partial charge in [-0.15, -0.1) is 0 Å². The topological polar surface area (TPSA) is 32.8 Å². The van der Waals surface area contributed by atoms with E-state index in [0.717, 1.165) is 19.3 Å². The maximum absolute atomic E-state index is 12.5. The molecule has 1 aromatic carbocycles. The number of fused-ring (bicyclic) bond motifs is 2. The minimum absolute atomic E-state index is 0.169. The maximum atomic E-state index is 12.5. The molecule has 2 unspecified atom stereocenters. The number of carbonyl (C=O) groups is 1. The number of ether oxygens (including phenoxy) is 1. The number of carbonyl (C=O) groups excluding carboxylic acids is 1. The summed E-state index contributed by atoms with van der Waals surface area (Å²) in [6, 6.07) is 9.10. The highest BCUT2D eigenvalue weighted by Gasteiger charge is 2.41. The molecule has 1 saturated heterocycles. The molecule has 1 aromatic rings. The molecule has 2 heterocycles. The molecule has 1 amide bonds. The molecule has 24 heavy (non-hydrogen) atoms. The first kappa shape index (κ1) is 16.9. The molecule has 0 spiro atoms. The standard InChI is InChI=1S/C20H28N2O2/c1-20(2,3)24-19(23)22-17-10-11-18(22)13-15(12-17)14-6-8-16(9-7-14)21(4)5/h6-9,12,17-18H,10-11,13H2,1-5H3. The van der Waals surface area contributed by atoms with Gasteiger partial charge in [0.15, 0.2) is 0 Å². The van der Waals surface area contributed by atoms with E-state index in [1.165, 1.54) is 16.8 Å². The van der Waals surface area contributed by atoms with Crippen molar-refractivity contribution in [2.45, 2.75) is 57.7 Å². The quantitative estimate of drug-likeness (QED) is 0.811. The Morgan fingerprint density at radius 3 is 2.38 bits per heavy atom. The molecule has 0 saturated carbocycles. The first-order valence-corrected chi connectivity index (χ1v) is 8.74. The fraction of sp³-hybridized carbons (Fsp3) is 0.550. The Morgan fingerprint density at radius 2 is 1.83 bits per heavy atom. The summed E-state index contributed by atoms with van der Waals surface area (Å²) in [5.41, 5.74) is 3.38. The molecular weight excluding hydrogens is 300 g/mol. The number of anilines is 1. The van der Waals surface area contributed by atoms with Crippen molar-refractivity contribution in [1.82, 2.24) is 4.90 Å². The Morgan fingerprint density at radius 1 is 1.17 bits per heavy atom. The lowest BCUT2D eigenvalue weighted by Gasteiger charge is -2.35. The second-order valence-corrected chi connectivity index (χ2v) is 8.02. The van der Waals surface area contributed by atoms with Crippen LogP contribution in [-0.4, -0.2) is 42.8 Å². The first-order valence-electron chi connectivity index (χ1n) is 8.74. The van der Waals surface area contributed by atoms with Crippen molar-refractivity contribution >= 4 is 17.4 Å². The fourth-order valence-electron chi connectivity index (χ4n) is 3.62. The van der Waals surface area contributed by atoms with Crippen molar-refractivity contribution in [2.75, 3.05) is 19.0 Å². The van der Waals surface area contributed by atoms with Crippen molar-refractivity contribution in [2.24, 2.45) is 0 Å². The second-order valence-electron chi connectivity index (χ2n) is 8.02. The molecule has 4 nitrogen and oxygen atoms in total. The summed E-state index contributed by atoms with van der Waals surface area (Å²) in [6.07, 6.45) is 5.09. The van der Waals surface area contributed by atoms with E-state index in [1.807, 2.05) is 39.8 Å². The summed E-state index contributed by atoms with van der Waals surface area (Å²) in [7, 11) is 4.10. The van der Waals surface area contributed by atoms with E-state index in [9.17, 15) is 4.79 Å². The zero-order chi connectivity index (χ0) is 17.5. The van der Waals surface area contributed by atoms with Crippen molar-refractivity contribution < 1.29 is 9.53 Å². The van der Waals surface area contributed by atoms with E-state index >= 15 is 0 Å². The third-order valence-corrected chi connectivity index (χ3v) is 4.75. The highest BCUT2D eigenvalue weighted by atomic mass is 16.6. The van der Waals surface area contributed by atoms with Gasteiger partial charge in [0.1, 0.15) is 5.60 Å². The zero-order valence-electron chi connectivity index (χ0n) is 15.4. The minimum atomic E-state index is -0.442. The van der Waals surface area contributed by atoms with E-state index < -0.39 is 5.60 Å². The van der Waals surface area contributed by atoms with Crippen LogP contribution in [0.15, 0.2) is 30.3 Å². The van der Waals surface area contributed by atoms with Crippen molar-refractivity contribution in [3.05, 3.63) is 35.9 Å². The van der Waals surface area contributed by atoms with Crippen LogP contribution < -0.4 is 4.90 Å². The Kier molecular flexibility index (Phi) is 4.33. The largest absolute Gasteiger partial charge is 0.444 e. The van der Waals surface area contributed by atoms with Crippen LogP contribution in [0, 0.1) is 0 Å². The van der Waals surface area contributed by atoms with Crippen molar-refractivity contribution in [3.63, 3.8) is 0 Å². The van der Waals surface area contributed by atoms with Crippen LogP contribution in [-0.2, 0) is 4.74 Å². The van der Waals surface area contributed by atoms with E-state index in [-0.39, 0.29) is 18.2 Å². The van der Waals surface area contributed by atoms with Crippen LogP contribution in [0.2, 0.25) is 0 Å². The molecule has 0 N–H and O–H groups in total. The van der Waals surface area contributed by atoms with Crippen LogP contribution in [0.4, 0.5) is 10.5 Å². The van der Waals surface area contributed by atoms with Crippen LogP contribution in [0.3, 0.4) is 0 Å². The molecule has 0 aliphatic carbocycles. The van der Waals surface area contributed by atoms with E-state index in [2.05, 4.69) is 35.2 Å². The molecule has 3 rings (SSSR count). The summed E-state index contributed by atoms with van der Waals surface area (Å²) in [5.74, 6) is 0. The number of benzene rings is 1. The Bertz CT molecular complexity index is 641. The zero-order valence-corrected chi connectivity index (χ0v) is 15.4. The molecule has 2 aliphatic heterocycles. The number of hydrogen-bond donors (Lipinski definition) is 0. The number of rotatable bonds is 2. The number of hydrogen-bond acceptors (Lipinski definition) is 3. The Labute approximate surface area is 145 Å². The van der Waals surface area contributed by atoms with Crippen molar-refractivity contribution in [3.8, 4) is 0 Å². The number of amides is 1. The Balaban J connectivity index is 1.78. The van der Waals surface area contributed by atoms with Gasteiger partial charge in [-0.1, -0.05) is 18.2 Å². The SMILES string of the molecule is CN(C)c1ccc(C2=CC3CCC(C2)N3C(=O)OC(C)(C)C)cc1. The first-order chi connectivity index (χ1) is 11.2. The van der Waals surface area contributed by atoms with E-state index in [4.69, 9.17) is 4.74 Å². The van der Waals surface area contributed by atoms with Crippen LogP contribution in [0.1, 0.15) is 45.6 Å². The summed E-state index contributed by atoms with van der Waals surface area (Å²) < 4.78 is 5.59. The number of nitrogens with zero attached hydrogens (tertiary/aromatic N) is 2. The molecule has 4 heteroatoms. The lowest BCUT2D eigenvalue weighted by molar-refractivity contribution is 0.0175. The molecule has 2 aliphatic rings. The minimum Gasteiger partial charge on any atom is -0.444 e. The predicted octanol–water partition coefficient (Wildman–Crippen LogP) is 4.31. The van der Waals surface area contributed by atoms with E-state index in [0.29, 0.717) is 0 Å². The van der Waals surface area contributed by atoms with Gasteiger partial charge < -0.3 is 9.64 Å². The van der Waals surface area contributed by atoms with Crippen LogP contribution in [0.5, 0.6) is 0 Å². The highest BCUT2D eigenvalue weighted by molar-refractivity contribution is 5.75.